The highest BCUT2D eigenvalue weighted by molar-refractivity contribution is 5.78. The van der Waals surface area contributed by atoms with E-state index in [4.69, 9.17) is 10.2 Å². The van der Waals surface area contributed by atoms with Crippen LogP contribution in [-0.4, -0.2) is 11.0 Å². The average molecular weight is 246 g/mol. The van der Waals surface area contributed by atoms with Crippen LogP contribution in [0.15, 0.2) is 41.0 Å². The first-order chi connectivity index (χ1) is 8.65. The summed E-state index contributed by atoms with van der Waals surface area (Å²) >= 11 is 0. The van der Waals surface area contributed by atoms with Crippen molar-refractivity contribution in [3.8, 4) is 5.75 Å². The lowest BCUT2D eigenvalue weighted by Gasteiger charge is -2.05. The second-order valence-electron chi connectivity index (χ2n) is 3.93. The van der Waals surface area contributed by atoms with Gasteiger partial charge in [-0.3, -0.25) is 4.79 Å². The highest BCUT2D eigenvalue weighted by atomic mass is 16.3. The molecule has 0 spiro atoms. The number of rotatable bonds is 4. The van der Waals surface area contributed by atoms with E-state index in [0.717, 1.165) is 0 Å². The van der Waals surface area contributed by atoms with E-state index < -0.39 is 0 Å². The van der Waals surface area contributed by atoms with Crippen LogP contribution < -0.4 is 11.1 Å². The Balaban J connectivity index is 1.88. The quantitative estimate of drug-likeness (QED) is 0.562. The molecule has 0 aliphatic heterocycles. The number of furan rings is 1. The number of anilines is 1. The third-order valence-corrected chi connectivity index (χ3v) is 2.50. The van der Waals surface area contributed by atoms with Gasteiger partial charge in [0.2, 0.25) is 5.91 Å². The second-order valence-corrected chi connectivity index (χ2v) is 3.93. The molecule has 1 aromatic carbocycles. The van der Waals surface area contributed by atoms with Gasteiger partial charge in [0, 0.05) is 0 Å². The predicted octanol–water partition coefficient (Wildman–Crippen LogP) is 1.43. The Morgan fingerprint density at radius 2 is 2.22 bits per heavy atom. The van der Waals surface area contributed by atoms with E-state index >= 15 is 0 Å². The minimum Gasteiger partial charge on any atom is -0.506 e. The molecule has 0 unspecified atom stereocenters. The summed E-state index contributed by atoms with van der Waals surface area (Å²) in [6.07, 6.45) is 1.74. The van der Waals surface area contributed by atoms with Crippen molar-refractivity contribution in [1.29, 1.82) is 0 Å². The lowest BCUT2D eigenvalue weighted by Crippen LogP contribution is -2.24. The number of carbonyl (C=O) groups is 1. The van der Waals surface area contributed by atoms with E-state index in [1.807, 2.05) is 0 Å². The summed E-state index contributed by atoms with van der Waals surface area (Å²) in [6.45, 7) is 0.354. The standard InChI is InChI=1S/C13H14N2O3/c14-11-4-3-9(6-12(11)16)7-13(17)15-8-10-2-1-5-18-10/h1-6,16H,7-8,14H2,(H,15,17). The van der Waals surface area contributed by atoms with Crippen LogP contribution in [0.3, 0.4) is 0 Å². The van der Waals surface area contributed by atoms with Crippen molar-refractivity contribution in [2.75, 3.05) is 5.73 Å². The Morgan fingerprint density at radius 1 is 1.39 bits per heavy atom. The summed E-state index contributed by atoms with van der Waals surface area (Å²) in [4.78, 5) is 11.6. The Labute approximate surface area is 104 Å². The first kappa shape index (κ1) is 12.0. The summed E-state index contributed by atoms with van der Waals surface area (Å²) in [5.74, 6) is 0.547. The maximum Gasteiger partial charge on any atom is 0.224 e. The van der Waals surface area contributed by atoms with Gasteiger partial charge in [-0.2, -0.15) is 0 Å². The summed E-state index contributed by atoms with van der Waals surface area (Å²) in [5, 5.41) is 12.1. The number of aromatic hydroxyl groups is 1. The van der Waals surface area contributed by atoms with Crippen LogP contribution in [-0.2, 0) is 17.8 Å². The molecule has 2 aromatic rings. The van der Waals surface area contributed by atoms with Gasteiger partial charge < -0.3 is 20.6 Å². The molecule has 1 aromatic heterocycles. The molecular formula is C13H14N2O3. The molecule has 0 saturated heterocycles. The Bertz CT molecular complexity index is 535. The largest absolute Gasteiger partial charge is 0.506 e. The molecule has 5 nitrogen and oxygen atoms in total. The van der Waals surface area contributed by atoms with E-state index in [9.17, 15) is 9.90 Å². The second kappa shape index (κ2) is 5.27. The molecule has 0 aliphatic rings. The zero-order valence-electron chi connectivity index (χ0n) is 9.72. The summed E-state index contributed by atoms with van der Waals surface area (Å²) in [6, 6.07) is 8.32. The van der Waals surface area contributed by atoms with Gasteiger partial charge in [-0.25, -0.2) is 0 Å². The SMILES string of the molecule is Nc1ccc(CC(=O)NCc2ccco2)cc1O. The van der Waals surface area contributed by atoms with Gasteiger partial charge in [-0.1, -0.05) is 6.07 Å². The number of carbonyl (C=O) groups excluding carboxylic acids is 1. The minimum atomic E-state index is -0.143. The van der Waals surface area contributed by atoms with Crippen LogP contribution in [0.4, 0.5) is 5.69 Å². The normalized spacial score (nSPS) is 10.2. The highest BCUT2D eigenvalue weighted by Crippen LogP contribution is 2.20. The van der Waals surface area contributed by atoms with E-state index in [1.165, 1.54) is 6.07 Å². The Morgan fingerprint density at radius 3 is 2.89 bits per heavy atom. The zero-order chi connectivity index (χ0) is 13.0. The molecule has 0 radical (unpaired) electrons. The lowest BCUT2D eigenvalue weighted by atomic mass is 10.1. The van der Waals surface area contributed by atoms with Crippen molar-refractivity contribution >= 4 is 11.6 Å². The molecule has 0 atom stereocenters. The first-order valence-electron chi connectivity index (χ1n) is 5.51. The maximum atomic E-state index is 11.6. The Hall–Kier alpha value is -2.43. The summed E-state index contributed by atoms with van der Waals surface area (Å²) < 4.78 is 5.10. The van der Waals surface area contributed by atoms with Crippen LogP contribution in [0.5, 0.6) is 5.75 Å². The monoisotopic (exact) mass is 246 g/mol. The third kappa shape index (κ3) is 3.04. The van der Waals surface area contributed by atoms with Crippen LogP contribution >= 0.6 is 0 Å². The van der Waals surface area contributed by atoms with Gasteiger partial charge in [0.1, 0.15) is 11.5 Å². The molecule has 1 amide bonds. The molecule has 18 heavy (non-hydrogen) atoms. The fourth-order valence-electron chi connectivity index (χ4n) is 1.55. The number of hydrogen-bond donors (Lipinski definition) is 3. The molecule has 0 saturated carbocycles. The maximum absolute atomic E-state index is 11.6. The number of hydrogen-bond acceptors (Lipinski definition) is 4. The molecule has 2 rings (SSSR count). The number of benzene rings is 1. The van der Waals surface area contributed by atoms with Gasteiger partial charge in [-0.05, 0) is 29.8 Å². The fraction of sp³-hybridized carbons (Fsp3) is 0.154. The first-order valence-corrected chi connectivity index (χ1v) is 5.51. The van der Waals surface area contributed by atoms with Crippen molar-refractivity contribution in [1.82, 2.24) is 5.32 Å². The number of phenols is 1. The predicted molar refractivity (Wildman–Crippen MR) is 66.8 cm³/mol. The van der Waals surface area contributed by atoms with E-state index in [0.29, 0.717) is 23.6 Å². The van der Waals surface area contributed by atoms with Crippen LogP contribution in [0.25, 0.3) is 0 Å². The van der Waals surface area contributed by atoms with E-state index in [1.54, 1.807) is 30.5 Å². The highest BCUT2D eigenvalue weighted by Gasteiger charge is 2.06. The van der Waals surface area contributed by atoms with Crippen molar-refractivity contribution in [2.45, 2.75) is 13.0 Å². The average Bonchev–Trinajstić information content (AvgIpc) is 2.84. The molecule has 0 aliphatic carbocycles. The molecule has 1 heterocycles. The van der Waals surface area contributed by atoms with Crippen molar-refractivity contribution in [3.05, 3.63) is 47.9 Å². The van der Waals surface area contributed by atoms with Gasteiger partial charge in [0.05, 0.1) is 24.9 Å². The summed E-state index contributed by atoms with van der Waals surface area (Å²) in [7, 11) is 0. The van der Waals surface area contributed by atoms with Gasteiger partial charge in [-0.15, -0.1) is 0 Å². The van der Waals surface area contributed by atoms with Gasteiger partial charge >= 0.3 is 0 Å². The van der Waals surface area contributed by atoms with Crippen LogP contribution in [0, 0.1) is 0 Å². The third-order valence-electron chi connectivity index (χ3n) is 2.50. The number of phenolic OH excluding ortho intramolecular Hbond substituents is 1. The number of nitrogens with one attached hydrogen (secondary N) is 1. The summed E-state index contributed by atoms with van der Waals surface area (Å²) in [5.41, 5.74) is 6.49. The van der Waals surface area contributed by atoms with Crippen LogP contribution in [0.2, 0.25) is 0 Å². The molecule has 0 bridgehead atoms. The fourth-order valence-corrected chi connectivity index (χ4v) is 1.55. The lowest BCUT2D eigenvalue weighted by molar-refractivity contribution is -0.120. The zero-order valence-corrected chi connectivity index (χ0v) is 9.72. The van der Waals surface area contributed by atoms with Gasteiger partial charge in [0.15, 0.2) is 0 Å². The van der Waals surface area contributed by atoms with Crippen LogP contribution in [0.1, 0.15) is 11.3 Å². The molecule has 94 valence electrons. The topological polar surface area (TPSA) is 88.5 Å². The molecule has 5 heteroatoms. The number of amides is 1. The van der Waals surface area contributed by atoms with E-state index in [2.05, 4.69) is 5.32 Å². The van der Waals surface area contributed by atoms with E-state index in [-0.39, 0.29) is 18.1 Å². The van der Waals surface area contributed by atoms with Crippen molar-refractivity contribution in [3.63, 3.8) is 0 Å². The minimum absolute atomic E-state index is 0.00802. The number of nitrogen functional groups attached to an aromatic ring is 1. The van der Waals surface area contributed by atoms with Crippen molar-refractivity contribution < 1.29 is 14.3 Å². The van der Waals surface area contributed by atoms with Crippen molar-refractivity contribution in [2.24, 2.45) is 0 Å². The number of nitrogens with two attached hydrogens (primary N) is 1. The Kier molecular flexibility index (Phi) is 3.52. The molecule has 4 N–H and O–H groups in total. The molecular weight excluding hydrogens is 232 g/mol. The van der Waals surface area contributed by atoms with Gasteiger partial charge in [0.25, 0.3) is 0 Å². The smallest absolute Gasteiger partial charge is 0.224 e. The molecule has 0 fully saturated rings.